The van der Waals surface area contributed by atoms with Crippen LogP contribution in [-0.2, 0) is 19.2 Å². The summed E-state index contributed by atoms with van der Waals surface area (Å²) in [6.45, 7) is 4.55. The molecule has 1 N–H and O–H groups in total. The average Bonchev–Trinajstić information content (AvgIpc) is 3.32. The van der Waals surface area contributed by atoms with Crippen LogP contribution in [0, 0.1) is 13.8 Å². The number of hydrogen-bond acceptors (Lipinski definition) is 7. The van der Waals surface area contributed by atoms with Crippen LogP contribution in [0.1, 0.15) is 46.6 Å². The molecule has 0 spiro atoms. The number of likely N-dealkylation sites (tertiary alicyclic amines) is 1. The summed E-state index contributed by atoms with van der Waals surface area (Å²) in [5, 5.41) is 21.4. The summed E-state index contributed by atoms with van der Waals surface area (Å²) < 4.78 is 34.5. The molecule has 1 aliphatic rings. The molecule has 11 heteroatoms. The molecule has 1 atom stereocenters. The van der Waals surface area contributed by atoms with Gasteiger partial charge in [-0.25, -0.2) is 18.4 Å². The number of aliphatic hydroxyl groups is 1. The van der Waals surface area contributed by atoms with E-state index in [0.29, 0.717) is 56.4 Å². The van der Waals surface area contributed by atoms with Crippen molar-refractivity contribution in [2.24, 2.45) is 7.05 Å². The Kier molecular flexibility index (Phi) is 6.83. The number of halogens is 3. The standard InChI is InChI=1S/C27H29ClF2N6O2/c1-16-5-7-21(17(2)32-16)27(37,23-14-31-34-35(23)3)18-6-8-22-19(13-18)24(28)20(25(33-22)38-4)15-36-11-9-26(29,30)10-12-36/h5-8,13-14,37H,9-12,15H2,1-4H3/t27-/m0/s1. The number of rotatable bonds is 6. The molecule has 0 unspecified atom stereocenters. The number of nitrogens with zero attached hydrogens (tertiary/aromatic N) is 6. The van der Waals surface area contributed by atoms with Crippen molar-refractivity contribution in [2.75, 3.05) is 20.2 Å². The van der Waals surface area contributed by atoms with Crippen molar-refractivity contribution in [3.8, 4) is 5.88 Å². The molecular weight excluding hydrogens is 514 g/mol. The van der Waals surface area contributed by atoms with Crippen LogP contribution in [0.15, 0.2) is 36.5 Å². The average molecular weight is 543 g/mol. The van der Waals surface area contributed by atoms with Crippen LogP contribution in [0.2, 0.25) is 5.02 Å². The Morgan fingerprint density at radius 1 is 1.13 bits per heavy atom. The molecule has 4 aromatic rings. The third-order valence-electron chi connectivity index (χ3n) is 7.26. The number of fused-ring (bicyclic) bond motifs is 1. The third-order valence-corrected chi connectivity index (χ3v) is 7.69. The fourth-order valence-electron chi connectivity index (χ4n) is 5.16. The lowest BCUT2D eigenvalue weighted by molar-refractivity contribution is -0.0567. The molecule has 0 radical (unpaired) electrons. The Morgan fingerprint density at radius 3 is 2.50 bits per heavy atom. The Bertz CT molecular complexity index is 1500. The topological polar surface area (TPSA) is 89.2 Å². The monoisotopic (exact) mass is 542 g/mol. The minimum atomic E-state index is -2.64. The second-order valence-corrected chi connectivity index (χ2v) is 10.2. The maximum atomic E-state index is 13.7. The molecule has 0 bridgehead atoms. The van der Waals surface area contributed by atoms with Gasteiger partial charge in [-0.15, -0.1) is 5.10 Å². The normalized spacial score (nSPS) is 17.5. The first-order chi connectivity index (χ1) is 18.0. The molecule has 1 saturated heterocycles. The van der Waals surface area contributed by atoms with E-state index >= 15 is 0 Å². The second kappa shape index (κ2) is 9.83. The van der Waals surface area contributed by atoms with Crippen LogP contribution in [0.25, 0.3) is 10.9 Å². The number of benzene rings is 1. The lowest BCUT2D eigenvalue weighted by atomic mass is 9.82. The third kappa shape index (κ3) is 4.61. The largest absolute Gasteiger partial charge is 0.481 e. The van der Waals surface area contributed by atoms with Gasteiger partial charge in [0.15, 0.2) is 5.60 Å². The molecule has 1 aliphatic heterocycles. The number of methoxy groups -OCH3 is 1. The summed E-state index contributed by atoms with van der Waals surface area (Å²) in [7, 11) is 3.22. The van der Waals surface area contributed by atoms with E-state index in [0.717, 1.165) is 5.69 Å². The maximum absolute atomic E-state index is 13.7. The summed E-state index contributed by atoms with van der Waals surface area (Å²) in [5.74, 6) is -2.30. The summed E-state index contributed by atoms with van der Waals surface area (Å²) in [5.41, 5.74) is 2.61. The minimum absolute atomic E-state index is 0.201. The molecule has 0 saturated carbocycles. The molecule has 38 heavy (non-hydrogen) atoms. The molecule has 0 aliphatic carbocycles. The lowest BCUT2D eigenvalue weighted by Gasteiger charge is -2.32. The molecule has 0 amide bonds. The maximum Gasteiger partial charge on any atom is 0.250 e. The SMILES string of the molecule is COc1nc2ccc([C@](O)(c3ccc(C)nc3C)c3cnnn3C)cc2c(Cl)c1CN1CCC(F)(F)CC1. The Morgan fingerprint density at radius 2 is 1.87 bits per heavy atom. The Labute approximate surface area is 224 Å². The van der Waals surface area contributed by atoms with Gasteiger partial charge in [0, 0.05) is 67.4 Å². The molecule has 1 aromatic carbocycles. The molecule has 200 valence electrons. The zero-order chi connectivity index (χ0) is 27.2. The predicted octanol–water partition coefficient (Wildman–Crippen LogP) is 4.55. The van der Waals surface area contributed by atoms with Crippen molar-refractivity contribution in [2.45, 2.75) is 44.8 Å². The smallest absolute Gasteiger partial charge is 0.250 e. The second-order valence-electron chi connectivity index (χ2n) is 9.82. The molecular formula is C27H29ClF2N6O2. The summed E-state index contributed by atoms with van der Waals surface area (Å²) in [6.07, 6.45) is 1.12. The molecule has 8 nitrogen and oxygen atoms in total. The van der Waals surface area contributed by atoms with Crippen LogP contribution in [0.4, 0.5) is 8.78 Å². The van der Waals surface area contributed by atoms with Crippen molar-refractivity contribution in [1.29, 1.82) is 0 Å². The first kappa shape index (κ1) is 26.4. The predicted molar refractivity (Wildman–Crippen MR) is 140 cm³/mol. The van der Waals surface area contributed by atoms with Crippen molar-refractivity contribution in [3.63, 3.8) is 0 Å². The van der Waals surface area contributed by atoms with Crippen molar-refractivity contribution in [1.82, 2.24) is 29.9 Å². The number of piperidine rings is 1. The van der Waals surface area contributed by atoms with Crippen LogP contribution in [0.5, 0.6) is 5.88 Å². The molecule has 3 aromatic heterocycles. The van der Waals surface area contributed by atoms with Crippen molar-refractivity contribution >= 4 is 22.5 Å². The minimum Gasteiger partial charge on any atom is -0.481 e. The van der Waals surface area contributed by atoms with Crippen LogP contribution < -0.4 is 4.74 Å². The van der Waals surface area contributed by atoms with E-state index in [1.165, 1.54) is 18.0 Å². The van der Waals surface area contributed by atoms with Gasteiger partial charge in [-0.1, -0.05) is 28.9 Å². The molecule has 1 fully saturated rings. The van der Waals surface area contributed by atoms with Crippen molar-refractivity contribution < 1.29 is 18.6 Å². The Balaban J connectivity index is 1.65. The van der Waals surface area contributed by atoms with Gasteiger partial charge in [-0.2, -0.15) is 0 Å². The summed E-state index contributed by atoms with van der Waals surface area (Å²) >= 11 is 6.96. The summed E-state index contributed by atoms with van der Waals surface area (Å²) in [6, 6.07) is 9.04. The number of hydrogen-bond donors (Lipinski definition) is 1. The van der Waals surface area contributed by atoms with Gasteiger partial charge in [0.1, 0.15) is 0 Å². The first-order valence-electron chi connectivity index (χ1n) is 12.3. The number of ether oxygens (including phenoxy) is 1. The fraction of sp³-hybridized carbons (Fsp3) is 0.407. The van der Waals surface area contributed by atoms with Gasteiger partial charge in [0.2, 0.25) is 5.88 Å². The highest BCUT2D eigenvalue weighted by Gasteiger charge is 2.39. The van der Waals surface area contributed by atoms with Crippen LogP contribution >= 0.6 is 11.6 Å². The van der Waals surface area contributed by atoms with Gasteiger partial charge in [-0.05, 0) is 37.6 Å². The van der Waals surface area contributed by atoms with Crippen LogP contribution in [-0.4, -0.2) is 61.1 Å². The number of alkyl halides is 2. The van der Waals surface area contributed by atoms with Crippen molar-refractivity contribution in [3.05, 3.63) is 75.3 Å². The summed E-state index contributed by atoms with van der Waals surface area (Å²) in [4.78, 5) is 11.1. The lowest BCUT2D eigenvalue weighted by Crippen LogP contribution is -2.39. The molecule has 4 heterocycles. The van der Waals surface area contributed by atoms with E-state index in [9.17, 15) is 13.9 Å². The van der Waals surface area contributed by atoms with Gasteiger partial charge >= 0.3 is 0 Å². The number of aromatic nitrogens is 5. The molecule has 5 rings (SSSR count). The Hall–Kier alpha value is -3.21. The van der Waals surface area contributed by atoms with E-state index in [-0.39, 0.29) is 25.9 Å². The van der Waals surface area contributed by atoms with Gasteiger partial charge < -0.3 is 9.84 Å². The van der Waals surface area contributed by atoms with Crippen LogP contribution in [0.3, 0.4) is 0 Å². The van der Waals surface area contributed by atoms with E-state index in [1.54, 1.807) is 25.2 Å². The van der Waals surface area contributed by atoms with E-state index in [1.807, 2.05) is 30.9 Å². The van der Waals surface area contributed by atoms with Gasteiger partial charge in [0.05, 0.1) is 29.5 Å². The van der Waals surface area contributed by atoms with E-state index in [4.69, 9.17) is 16.3 Å². The number of pyridine rings is 2. The first-order valence-corrected chi connectivity index (χ1v) is 12.7. The van der Waals surface area contributed by atoms with Gasteiger partial charge in [-0.3, -0.25) is 9.88 Å². The highest BCUT2D eigenvalue weighted by molar-refractivity contribution is 6.36. The highest BCUT2D eigenvalue weighted by atomic mass is 35.5. The van der Waals surface area contributed by atoms with Gasteiger partial charge in [0.25, 0.3) is 5.92 Å². The quantitative estimate of drug-likeness (QED) is 0.382. The zero-order valence-electron chi connectivity index (χ0n) is 21.7. The van der Waals surface area contributed by atoms with E-state index < -0.39 is 11.5 Å². The van der Waals surface area contributed by atoms with E-state index in [2.05, 4.69) is 20.3 Å². The highest BCUT2D eigenvalue weighted by Crippen LogP contribution is 2.41. The zero-order valence-corrected chi connectivity index (χ0v) is 22.4. The number of aryl methyl sites for hydroxylation is 3. The fourth-order valence-corrected chi connectivity index (χ4v) is 5.46.